The van der Waals surface area contributed by atoms with E-state index in [1.54, 1.807) is 0 Å². The fraction of sp³-hybridized carbons (Fsp3) is 0.917. The molecule has 2 aliphatic rings. The second kappa shape index (κ2) is 8.58. The van der Waals surface area contributed by atoms with E-state index in [2.05, 4.69) is 4.18 Å². The van der Waals surface area contributed by atoms with Crippen molar-refractivity contribution in [3.8, 4) is 0 Å². The first-order valence-corrected chi connectivity index (χ1v) is 8.97. The molecule has 0 unspecified atom stereocenters. The highest BCUT2D eigenvalue weighted by Gasteiger charge is 2.53. The average molecular weight is 420 g/mol. The largest absolute Gasteiger partial charge is 0.479 e. The van der Waals surface area contributed by atoms with E-state index in [0.29, 0.717) is 0 Å². The van der Waals surface area contributed by atoms with Gasteiger partial charge < -0.3 is 44.8 Å². The lowest BCUT2D eigenvalue weighted by Crippen LogP contribution is -2.62. The number of rotatable bonds is 7. The Morgan fingerprint density at radius 1 is 0.926 bits per heavy atom. The van der Waals surface area contributed by atoms with E-state index in [1.165, 1.54) is 0 Å². The highest BCUT2D eigenvalue weighted by Crippen LogP contribution is 2.31. The Bertz CT molecular complexity index is 622. The molecule has 2 aliphatic heterocycles. The van der Waals surface area contributed by atoms with Crippen LogP contribution < -0.4 is 0 Å². The number of carbonyl (C=O) groups is 1. The highest BCUT2D eigenvalue weighted by atomic mass is 32.3. The van der Waals surface area contributed by atoms with Gasteiger partial charge in [-0.25, -0.2) is 8.98 Å². The van der Waals surface area contributed by atoms with E-state index in [9.17, 15) is 33.6 Å². The maximum Gasteiger partial charge on any atom is 0.397 e. The zero-order valence-electron chi connectivity index (χ0n) is 13.5. The predicted molar refractivity (Wildman–Crippen MR) is 78.4 cm³/mol. The Balaban J connectivity index is 2.29. The molecule has 9 atom stereocenters. The molecule has 0 aromatic carbocycles. The van der Waals surface area contributed by atoms with Crippen LogP contribution in [0.1, 0.15) is 0 Å². The molecular weight excluding hydrogens is 400 g/mol. The zero-order valence-corrected chi connectivity index (χ0v) is 14.3. The average Bonchev–Trinajstić information content (AvgIpc) is 2.88. The Morgan fingerprint density at radius 2 is 1.52 bits per heavy atom. The van der Waals surface area contributed by atoms with Gasteiger partial charge in [0.25, 0.3) is 0 Å². The molecule has 7 N–H and O–H groups in total. The molecule has 158 valence electrons. The molecule has 0 radical (unpaired) electrons. The Kier molecular flexibility index (Phi) is 7.09. The molecule has 0 aliphatic carbocycles. The second-order valence-electron chi connectivity index (χ2n) is 5.90. The van der Waals surface area contributed by atoms with Crippen LogP contribution in [0.4, 0.5) is 0 Å². The van der Waals surface area contributed by atoms with Gasteiger partial charge in [-0.05, 0) is 0 Å². The van der Waals surface area contributed by atoms with Crippen molar-refractivity contribution in [1.29, 1.82) is 0 Å². The van der Waals surface area contributed by atoms with Gasteiger partial charge in [-0.3, -0.25) is 4.55 Å². The molecule has 0 spiro atoms. The number of carboxylic acid groups (broad SMARTS) is 1. The summed E-state index contributed by atoms with van der Waals surface area (Å²) < 4.78 is 50.3. The minimum Gasteiger partial charge on any atom is -0.479 e. The van der Waals surface area contributed by atoms with E-state index >= 15 is 0 Å². The molecule has 14 nitrogen and oxygen atoms in total. The fourth-order valence-corrected chi connectivity index (χ4v) is 3.31. The first kappa shape index (κ1) is 22.3. The summed E-state index contributed by atoms with van der Waals surface area (Å²) in [5.74, 6) is -1.73. The normalized spacial score (nSPS) is 43.0. The SMILES string of the molecule is O=C(O)[C@@H]1O[C@@H](O[C@H]2[C@H](O)[C@@H](CO)O[C@@H]2CO)[C@H](OS(=O)(=O)O)[C@@H](O)[C@@H]1O. The van der Waals surface area contributed by atoms with Crippen molar-refractivity contribution in [2.75, 3.05) is 13.2 Å². The second-order valence-corrected chi connectivity index (χ2v) is 6.95. The van der Waals surface area contributed by atoms with Crippen LogP contribution in [0.15, 0.2) is 0 Å². The smallest absolute Gasteiger partial charge is 0.397 e. The van der Waals surface area contributed by atoms with E-state index in [4.69, 9.17) is 29.0 Å². The monoisotopic (exact) mass is 420 g/mol. The van der Waals surface area contributed by atoms with E-state index in [0.717, 1.165) is 0 Å². The molecule has 15 heteroatoms. The van der Waals surface area contributed by atoms with Crippen LogP contribution in [0.25, 0.3) is 0 Å². The number of ether oxygens (including phenoxy) is 3. The van der Waals surface area contributed by atoms with Gasteiger partial charge in [0.1, 0.15) is 36.6 Å². The maximum absolute atomic E-state index is 11.2. The molecule has 0 aromatic rings. The topological polar surface area (TPSA) is 230 Å². The summed E-state index contributed by atoms with van der Waals surface area (Å²) >= 11 is 0. The molecule has 0 amide bonds. The predicted octanol–water partition coefficient (Wildman–Crippen LogP) is -4.80. The van der Waals surface area contributed by atoms with Gasteiger partial charge >= 0.3 is 16.4 Å². The van der Waals surface area contributed by atoms with Crippen molar-refractivity contribution in [3.63, 3.8) is 0 Å². The van der Waals surface area contributed by atoms with Gasteiger partial charge in [0.15, 0.2) is 18.5 Å². The Labute approximate surface area is 152 Å². The Morgan fingerprint density at radius 3 is 2.00 bits per heavy atom. The first-order valence-electron chi connectivity index (χ1n) is 7.61. The summed E-state index contributed by atoms with van der Waals surface area (Å²) in [5, 5.41) is 57.3. The van der Waals surface area contributed by atoms with Crippen molar-refractivity contribution in [2.45, 2.75) is 55.1 Å². The molecule has 2 rings (SSSR count). The van der Waals surface area contributed by atoms with E-state index in [-0.39, 0.29) is 0 Å². The third-order valence-electron chi connectivity index (χ3n) is 4.11. The lowest BCUT2D eigenvalue weighted by molar-refractivity contribution is -0.306. The summed E-state index contributed by atoms with van der Waals surface area (Å²) in [6.45, 7) is -1.37. The number of aliphatic hydroxyl groups is 5. The van der Waals surface area contributed by atoms with Gasteiger partial charge in [-0.15, -0.1) is 0 Å². The van der Waals surface area contributed by atoms with Crippen LogP contribution in [0.5, 0.6) is 0 Å². The fourth-order valence-electron chi connectivity index (χ4n) is 2.83. The lowest BCUT2D eigenvalue weighted by Gasteiger charge is -2.41. The summed E-state index contributed by atoms with van der Waals surface area (Å²) in [7, 11) is -5.19. The van der Waals surface area contributed by atoms with Crippen LogP contribution in [0.2, 0.25) is 0 Å². The molecule has 2 heterocycles. The minimum absolute atomic E-state index is 0.660. The van der Waals surface area contributed by atoms with Gasteiger partial charge in [0.2, 0.25) is 0 Å². The van der Waals surface area contributed by atoms with E-state index in [1.807, 2.05) is 0 Å². The van der Waals surface area contributed by atoms with Crippen LogP contribution in [-0.2, 0) is 33.6 Å². The third kappa shape index (κ3) is 4.90. The zero-order chi connectivity index (χ0) is 20.5. The quantitative estimate of drug-likeness (QED) is 0.192. The maximum atomic E-state index is 11.2. The summed E-state index contributed by atoms with van der Waals surface area (Å²) in [6.07, 6.45) is -15.9. The van der Waals surface area contributed by atoms with Crippen molar-refractivity contribution < 1.29 is 66.8 Å². The van der Waals surface area contributed by atoms with E-state index < -0.39 is 84.7 Å². The van der Waals surface area contributed by atoms with Crippen molar-refractivity contribution in [2.24, 2.45) is 0 Å². The number of hydrogen-bond acceptors (Lipinski definition) is 12. The summed E-state index contributed by atoms with van der Waals surface area (Å²) in [4.78, 5) is 11.2. The number of hydrogen-bond donors (Lipinski definition) is 7. The number of carboxylic acids is 1. The van der Waals surface area contributed by atoms with Gasteiger partial charge in [0.05, 0.1) is 13.2 Å². The minimum atomic E-state index is -5.19. The molecule has 0 bridgehead atoms. The van der Waals surface area contributed by atoms with Crippen LogP contribution >= 0.6 is 0 Å². The summed E-state index contributed by atoms with van der Waals surface area (Å²) in [5.41, 5.74) is 0. The van der Waals surface area contributed by atoms with Crippen LogP contribution in [0.3, 0.4) is 0 Å². The van der Waals surface area contributed by atoms with Gasteiger partial charge in [-0.1, -0.05) is 0 Å². The molecular formula is C12H20O14S. The van der Waals surface area contributed by atoms with Crippen LogP contribution in [0, 0.1) is 0 Å². The van der Waals surface area contributed by atoms with Crippen LogP contribution in [-0.4, -0.2) is 118 Å². The molecule has 2 saturated heterocycles. The van der Waals surface area contributed by atoms with Crippen molar-refractivity contribution >= 4 is 16.4 Å². The van der Waals surface area contributed by atoms with Gasteiger partial charge in [0, 0.05) is 0 Å². The van der Waals surface area contributed by atoms with Crippen molar-refractivity contribution in [3.05, 3.63) is 0 Å². The Hall–Kier alpha value is -0.980. The molecule has 27 heavy (non-hydrogen) atoms. The number of aliphatic hydroxyl groups excluding tert-OH is 5. The lowest BCUT2D eigenvalue weighted by atomic mass is 9.98. The highest BCUT2D eigenvalue weighted by molar-refractivity contribution is 7.80. The van der Waals surface area contributed by atoms with Gasteiger partial charge in [-0.2, -0.15) is 8.42 Å². The molecule has 0 aromatic heterocycles. The number of aliphatic carboxylic acids is 1. The standard InChI is InChI=1S/C12H20O14S/c13-1-3-5(15)8(4(2-14)23-3)24-12-10(26-27(20,21)22)7(17)6(16)9(25-12)11(18)19/h3-10,12-17H,1-2H2,(H,18,19)(H,20,21,22)/t3-,4-,5-,6+,7+,8-,9-,10-,12-/m1/s1. The molecule has 2 fully saturated rings. The molecule has 0 saturated carbocycles. The first-order chi connectivity index (χ1) is 12.5. The summed E-state index contributed by atoms with van der Waals surface area (Å²) in [6, 6.07) is 0. The van der Waals surface area contributed by atoms with Crippen molar-refractivity contribution in [1.82, 2.24) is 0 Å². The third-order valence-corrected chi connectivity index (χ3v) is 4.57.